The first kappa shape index (κ1) is 18.4. The highest BCUT2D eigenvalue weighted by Crippen LogP contribution is 2.23. The molecule has 136 valence electrons. The average molecular weight is 393 g/mol. The second kappa shape index (κ2) is 7.47. The Hall–Kier alpha value is -2.38. The standard InChI is InChI=1S/C17H18Cl2N6O/c1-4-25-11(3)15(10(2)22-25)16(26)21-17-20-9-24(23-17)8-12-5-6-13(18)14(19)7-12/h5-7,9H,4,8H2,1-3H3,(H,21,23,26). The topological polar surface area (TPSA) is 77.6 Å². The molecule has 26 heavy (non-hydrogen) atoms. The third kappa shape index (κ3) is 3.73. The van der Waals surface area contributed by atoms with Gasteiger partial charge in [-0.2, -0.15) is 5.10 Å². The zero-order chi connectivity index (χ0) is 18.8. The molecule has 2 aromatic heterocycles. The van der Waals surface area contributed by atoms with E-state index in [1.807, 2.05) is 26.8 Å². The molecule has 7 nitrogen and oxygen atoms in total. The first-order chi connectivity index (χ1) is 12.4. The van der Waals surface area contributed by atoms with Gasteiger partial charge in [0.2, 0.25) is 5.95 Å². The fourth-order valence-corrected chi connectivity index (χ4v) is 3.07. The average Bonchev–Trinajstić information content (AvgIpc) is 3.14. The van der Waals surface area contributed by atoms with Crippen molar-refractivity contribution in [1.29, 1.82) is 0 Å². The molecule has 0 radical (unpaired) electrons. The summed E-state index contributed by atoms with van der Waals surface area (Å²) in [7, 11) is 0. The maximum atomic E-state index is 12.5. The Bertz CT molecular complexity index is 962. The summed E-state index contributed by atoms with van der Waals surface area (Å²) in [6.07, 6.45) is 1.55. The number of nitrogens with one attached hydrogen (secondary N) is 1. The van der Waals surface area contributed by atoms with Gasteiger partial charge >= 0.3 is 0 Å². The van der Waals surface area contributed by atoms with Gasteiger partial charge in [0.15, 0.2) is 0 Å². The van der Waals surface area contributed by atoms with Crippen LogP contribution in [-0.4, -0.2) is 30.5 Å². The van der Waals surface area contributed by atoms with Crippen LogP contribution in [0.1, 0.15) is 34.2 Å². The van der Waals surface area contributed by atoms with Gasteiger partial charge in [-0.25, -0.2) is 9.67 Å². The van der Waals surface area contributed by atoms with Crippen LogP contribution in [0.25, 0.3) is 0 Å². The normalized spacial score (nSPS) is 11.0. The maximum absolute atomic E-state index is 12.5. The summed E-state index contributed by atoms with van der Waals surface area (Å²) >= 11 is 11.9. The lowest BCUT2D eigenvalue weighted by Crippen LogP contribution is -2.15. The maximum Gasteiger partial charge on any atom is 0.261 e. The third-order valence-electron chi connectivity index (χ3n) is 4.00. The summed E-state index contributed by atoms with van der Waals surface area (Å²) in [5.74, 6) is -0.0369. The lowest BCUT2D eigenvalue weighted by molar-refractivity contribution is 0.102. The van der Waals surface area contributed by atoms with Gasteiger partial charge in [-0.3, -0.25) is 14.8 Å². The van der Waals surface area contributed by atoms with Gasteiger partial charge in [0.25, 0.3) is 5.91 Å². The number of aryl methyl sites for hydroxylation is 2. The van der Waals surface area contributed by atoms with E-state index >= 15 is 0 Å². The largest absolute Gasteiger partial charge is 0.289 e. The van der Waals surface area contributed by atoms with Gasteiger partial charge in [0.1, 0.15) is 6.33 Å². The second-order valence-corrected chi connectivity index (χ2v) is 6.64. The van der Waals surface area contributed by atoms with Crippen LogP contribution >= 0.6 is 23.2 Å². The molecule has 0 atom stereocenters. The molecule has 3 rings (SSSR count). The van der Waals surface area contributed by atoms with Crippen molar-refractivity contribution in [2.45, 2.75) is 33.9 Å². The lowest BCUT2D eigenvalue weighted by atomic mass is 10.2. The van der Waals surface area contributed by atoms with E-state index in [9.17, 15) is 4.79 Å². The van der Waals surface area contributed by atoms with Crippen LogP contribution in [0.15, 0.2) is 24.5 Å². The van der Waals surface area contributed by atoms with Crippen molar-refractivity contribution < 1.29 is 4.79 Å². The molecule has 0 unspecified atom stereocenters. The summed E-state index contributed by atoms with van der Waals surface area (Å²) < 4.78 is 3.41. The molecule has 2 heterocycles. The second-order valence-electron chi connectivity index (χ2n) is 5.83. The van der Waals surface area contributed by atoms with Gasteiger partial charge in [-0.15, -0.1) is 5.10 Å². The van der Waals surface area contributed by atoms with Gasteiger partial charge in [-0.05, 0) is 38.5 Å². The Morgan fingerprint density at radius 1 is 1.19 bits per heavy atom. The Labute approximate surface area is 160 Å². The number of hydrogen-bond acceptors (Lipinski definition) is 4. The molecule has 0 aliphatic rings. The highest BCUT2D eigenvalue weighted by Gasteiger charge is 2.19. The Balaban J connectivity index is 1.73. The van der Waals surface area contributed by atoms with E-state index in [1.165, 1.54) is 0 Å². The van der Waals surface area contributed by atoms with E-state index in [0.717, 1.165) is 11.3 Å². The predicted molar refractivity (Wildman–Crippen MR) is 101 cm³/mol. The van der Waals surface area contributed by atoms with Crippen molar-refractivity contribution in [3.63, 3.8) is 0 Å². The van der Waals surface area contributed by atoms with Crippen LogP contribution in [0, 0.1) is 13.8 Å². The minimum Gasteiger partial charge on any atom is -0.289 e. The Kier molecular flexibility index (Phi) is 5.29. The molecule has 0 saturated carbocycles. The van der Waals surface area contributed by atoms with Crippen molar-refractivity contribution in [3.05, 3.63) is 57.1 Å². The van der Waals surface area contributed by atoms with E-state index in [-0.39, 0.29) is 11.9 Å². The summed E-state index contributed by atoms with van der Waals surface area (Å²) in [5.41, 5.74) is 2.97. The smallest absolute Gasteiger partial charge is 0.261 e. The minimum atomic E-state index is -0.271. The molecule has 0 fully saturated rings. The van der Waals surface area contributed by atoms with Crippen LogP contribution in [0.3, 0.4) is 0 Å². The monoisotopic (exact) mass is 392 g/mol. The number of rotatable bonds is 5. The number of halogens is 2. The Morgan fingerprint density at radius 2 is 1.96 bits per heavy atom. The van der Waals surface area contributed by atoms with Gasteiger partial charge < -0.3 is 0 Å². The van der Waals surface area contributed by atoms with Crippen molar-refractivity contribution >= 4 is 35.1 Å². The molecule has 1 amide bonds. The molecule has 1 aromatic carbocycles. The fraction of sp³-hybridized carbons (Fsp3) is 0.294. The number of hydrogen-bond donors (Lipinski definition) is 1. The summed E-state index contributed by atoms with van der Waals surface area (Å²) in [6, 6.07) is 5.37. The number of anilines is 1. The lowest BCUT2D eigenvalue weighted by Gasteiger charge is -2.04. The first-order valence-electron chi connectivity index (χ1n) is 8.07. The predicted octanol–water partition coefficient (Wildman–Crippen LogP) is 3.72. The van der Waals surface area contributed by atoms with Crippen LogP contribution in [-0.2, 0) is 13.1 Å². The minimum absolute atomic E-state index is 0.234. The van der Waals surface area contributed by atoms with E-state index in [1.54, 1.807) is 27.8 Å². The zero-order valence-corrected chi connectivity index (χ0v) is 16.1. The van der Waals surface area contributed by atoms with Crippen LogP contribution in [0.4, 0.5) is 5.95 Å². The molecule has 0 spiro atoms. The number of carbonyl (C=O) groups excluding carboxylic acids is 1. The van der Waals surface area contributed by atoms with Crippen LogP contribution in [0.5, 0.6) is 0 Å². The molecule has 0 saturated heterocycles. The van der Waals surface area contributed by atoms with E-state index in [0.29, 0.717) is 34.4 Å². The van der Waals surface area contributed by atoms with Crippen LogP contribution < -0.4 is 5.32 Å². The molecular weight excluding hydrogens is 375 g/mol. The number of carbonyl (C=O) groups is 1. The van der Waals surface area contributed by atoms with E-state index in [4.69, 9.17) is 23.2 Å². The van der Waals surface area contributed by atoms with Crippen molar-refractivity contribution in [2.75, 3.05) is 5.32 Å². The summed E-state index contributed by atoms with van der Waals surface area (Å²) in [6.45, 7) is 6.83. The fourth-order valence-electron chi connectivity index (χ4n) is 2.75. The Morgan fingerprint density at radius 3 is 2.62 bits per heavy atom. The number of aromatic nitrogens is 5. The number of amides is 1. The third-order valence-corrected chi connectivity index (χ3v) is 4.74. The van der Waals surface area contributed by atoms with Gasteiger partial charge in [0, 0.05) is 12.2 Å². The molecule has 3 aromatic rings. The zero-order valence-electron chi connectivity index (χ0n) is 14.6. The van der Waals surface area contributed by atoms with Crippen molar-refractivity contribution in [1.82, 2.24) is 24.5 Å². The molecule has 0 aliphatic heterocycles. The quantitative estimate of drug-likeness (QED) is 0.717. The number of benzene rings is 1. The molecule has 9 heteroatoms. The molecule has 1 N–H and O–H groups in total. The highest BCUT2D eigenvalue weighted by molar-refractivity contribution is 6.42. The van der Waals surface area contributed by atoms with E-state index < -0.39 is 0 Å². The van der Waals surface area contributed by atoms with Gasteiger partial charge in [0.05, 0.1) is 27.8 Å². The highest BCUT2D eigenvalue weighted by atomic mass is 35.5. The van der Waals surface area contributed by atoms with E-state index in [2.05, 4.69) is 20.5 Å². The van der Waals surface area contributed by atoms with Crippen molar-refractivity contribution in [3.8, 4) is 0 Å². The van der Waals surface area contributed by atoms with Crippen molar-refractivity contribution in [2.24, 2.45) is 0 Å². The SMILES string of the molecule is CCn1nc(C)c(C(=O)Nc2ncn(Cc3ccc(Cl)c(Cl)c3)n2)c1C. The first-order valence-corrected chi connectivity index (χ1v) is 8.83. The molecular formula is C17H18Cl2N6O. The summed E-state index contributed by atoms with van der Waals surface area (Å²) in [4.78, 5) is 16.7. The van der Waals surface area contributed by atoms with Crippen LogP contribution in [0.2, 0.25) is 10.0 Å². The van der Waals surface area contributed by atoms with Gasteiger partial charge in [-0.1, -0.05) is 29.3 Å². The molecule has 0 aliphatic carbocycles. The summed E-state index contributed by atoms with van der Waals surface area (Å²) in [5, 5.41) is 12.3. The number of nitrogens with zero attached hydrogens (tertiary/aromatic N) is 5. The molecule has 0 bridgehead atoms.